The number of aliphatic hydroxyl groups excluding tert-OH is 1. The van der Waals surface area contributed by atoms with E-state index in [-0.39, 0.29) is 51.9 Å². The third-order valence-corrected chi connectivity index (χ3v) is 6.23. The lowest BCUT2D eigenvalue weighted by Crippen LogP contribution is -2.50. The summed E-state index contributed by atoms with van der Waals surface area (Å²) in [6.07, 6.45) is 2.67. The maximum atomic E-state index is 15.9. The van der Waals surface area contributed by atoms with E-state index in [0.717, 1.165) is 6.08 Å². The molecule has 37 heavy (non-hydrogen) atoms. The number of fused-ring (bicyclic) bond motifs is 1. The first-order chi connectivity index (χ1) is 17.6. The molecule has 0 atom stereocenters. The molecule has 0 saturated carbocycles. The van der Waals surface area contributed by atoms with Gasteiger partial charge in [0.05, 0.1) is 11.6 Å². The zero-order valence-electron chi connectivity index (χ0n) is 20.9. The van der Waals surface area contributed by atoms with Crippen LogP contribution in [0.25, 0.3) is 16.5 Å². The van der Waals surface area contributed by atoms with Crippen LogP contribution in [0.4, 0.5) is 25.3 Å². The van der Waals surface area contributed by atoms with Crippen LogP contribution in [0.2, 0.25) is 5.02 Å². The van der Waals surface area contributed by atoms with Gasteiger partial charge in [-0.15, -0.1) is 0 Å². The molecule has 13 heteroatoms. The second-order valence-electron chi connectivity index (χ2n) is 8.58. The third-order valence-electron chi connectivity index (χ3n) is 5.94. The Labute approximate surface area is 218 Å². The van der Waals surface area contributed by atoms with Crippen LogP contribution < -0.4 is 16.0 Å². The number of benzene rings is 1. The molecule has 2 heterocycles. The van der Waals surface area contributed by atoms with E-state index in [2.05, 4.69) is 15.3 Å². The van der Waals surface area contributed by atoms with Crippen LogP contribution in [0, 0.1) is 5.82 Å². The molecule has 0 radical (unpaired) electrons. The van der Waals surface area contributed by atoms with Gasteiger partial charge in [-0.05, 0) is 19.1 Å². The first-order valence-electron chi connectivity index (χ1n) is 11.6. The summed E-state index contributed by atoms with van der Waals surface area (Å²) >= 11 is 6.41. The fourth-order valence-corrected chi connectivity index (χ4v) is 4.25. The molecule has 1 aliphatic heterocycles. The van der Waals surface area contributed by atoms with Crippen molar-refractivity contribution in [2.45, 2.75) is 13.3 Å². The van der Waals surface area contributed by atoms with Crippen LogP contribution in [0.3, 0.4) is 0 Å². The van der Waals surface area contributed by atoms with Crippen LogP contribution in [0.15, 0.2) is 24.0 Å². The molecule has 2 aromatic rings. The van der Waals surface area contributed by atoms with Crippen LogP contribution in [-0.2, 0) is 4.79 Å². The molecule has 200 valence electrons. The number of aliphatic hydroxyl groups is 1. The van der Waals surface area contributed by atoms with Crippen molar-refractivity contribution in [2.24, 2.45) is 5.73 Å². The minimum absolute atomic E-state index is 0.0574. The van der Waals surface area contributed by atoms with Crippen LogP contribution >= 0.6 is 11.6 Å². The van der Waals surface area contributed by atoms with Crippen LogP contribution in [0.1, 0.15) is 18.9 Å². The smallest absolute Gasteiger partial charge is 0.314 e. The summed E-state index contributed by atoms with van der Waals surface area (Å²) in [5.41, 5.74) is 4.63. The van der Waals surface area contributed by atoms with Gasteiger partial charge in [0.15, 0.2) is 5.82 Å². The van der Waals surface area contributed by atoms with Crippen LogP contribution in [0.5, 0.6) is 0 Å². The Hall–Kier alpha value is -3.51. The molecule has 1 aliphatic rings. The van der Waals surface area contributed by atoms with E-state index in [1.54, 1.807) is 21.0 Å². The molecule has 0 bridgehead atoms. The lowest BCUT2D eigenvalue weighted by molar-refractivity contribution is -0.128. The van der Waals surface area contributed by atoms with E-state index < -0.39 is 24.3 Å². The fraction of sp³-hybridized carbons (Fsp3) is 0.417. The molecule has 1 aromatic carbocycles. The number of carbonyl (C=O) groups excluding carboxylic acids is 2. The number of allylic oxidation sites excluding steroid dienone is 3. The van der Waals surface area contributed by atoms with Crippen LogP contribution in [-0.4, -0.2) is 90.2 Å². The number of rotatable bonds is 8. The molecule has 0 aliphatic carbocycles. The lowest BCUT2D eigenvalue weighted by atomic mass is 10.0. The highest BCUT2D eigenvalue weighted by atomic mass is 35.5. The van der Waals surface area contributed by atoms with E-state index >= 15 is 4.39 Å². The molecule has 1 saturated heterocycles. The number of hydrogen-bond donors (Lipinski definition) is 3. The largest absolute Gasteiger partial charge is 0.392 e. The molecular weight excluding hydrogens is 508 g/mol. The van der Waals surface area contributed by atoms with Crippen molar-refractivity contribution in [3.8, 4) is 0 Å². The minimum Gasteiger partial charge on any atom is -0.392 e. The van der Waals surface area contributed by atoms with E-state index in [4.69, 9.17) is 17.3 Å². The highest BCUT2D eigenvalue weighted by molar-refractivity contribution is 6.33. The first-order valence-corrected chi connectivity index (χ1v) is 12.0. The van der Waals surface area contributed by atoms with Gasteiger partial charge < -0.3 is 30.9 Å². The Morgan fingerprint density at radius 3 is 2.51 bits per heavy atom. The van der Waals surface area contributed by atoms with Gasteiger partial charge in [0.25, 0.3) is 0 Å². The number of anilines is 2. The normalized spacial score (nSPS) is 14.8. The zero-order chi connectivity index (χ0) is 27.3. The summed E-state index contributed by atoms with van der Waals surface area (Å²) in [6, 6.07) is 0.897. The van der Waals surface area contributed by atoms with Gasteiger partial charge in [0.1, 0.15) is 17.2 Å². The second kappa shape index (κ2) is 12.2. The Kier molecular flexibility index (Phi) is 9.22. The summed E-state index contributed by atoms with van der Waals surface area (Å²) in [5, 5.41) is 12.9. The number of urea groups is 1. The van der Waals surface area contributed by atoms with Gasteiger partial charge in [-0.3, -0.25) is 4.79 Å². The number of nitrogens with one attached hydrogen (secondary N) is 1. The molecule has 3 amide bonds. The summed E-state index contributed by atoms with van der Waals surface area (Å²) in [7, 11) is 3.27. The van der Waals surface area contributed by atoms with Gasteiger partial charge in [0.2, 0.25) is 11.9 Å². The molecular formula is C24H30ClF2N7O3. The third kappa shape index (κ3) is 6.25. The van der Waals surface area contributed by atoms with E-state index in [1.165, 1.54) is 21.9 Å². The fourth-order valence-electron chi connectivity index (χ4n) is 3.94. The highest BCUT2D eigenvalue weighted by Crippen LogP contribution is 2.37. The summed E-state index contributed by atoms with van der Waals surface area (Å²) < 4.78 is 30.6. The van der Waals surface area contributed by atoms with Crippen molar-refractivity contribution < 1.29 is 23.5 Å². The zero-order valence-corrected chi connectivity index (χ0v) is 21.6. The number of carbonyl (C=O) groups is 2. The minimum atomic E-state index is -0.918. The Morgan fingerprint density at radius 1 is 1.27 bits per heavy atom. The average Bonchev–Trinajstić information content (AvgIpc) is 2.86. The van der Waals surface area contributed by atoms with Crippen molar-refractivity contribution in [1.82, 2.24) is 19.8 Å². The number of halogens is 3. The first kappa shape index (κ1) is 28.1. The summed E-state index contributed by atoms with van der Waals surface area (Å²) in [4.78, 5) is 37.1. The Balaban J connectivity index is 2.13. The number of nitrogens with zero attached hydrogens (tertiary/aromatic N) is 5. The summed E-state index contributed by atoms with van der Waals surface area (Å²) in [6.45, 7) is 2.39. The Morgan fingerprint density at radius 2 is 1.95 bits per heavy atom. The van der Waals surface area contributed by atoms with Gasteiger partial charge in [-0.1, -0.05) is 17.7 Å². The topological polar surface area (TPSA) is 128 Å². The number of hydrogen-bond acceptors (Lipinski definition) is 7. The predicted octanol–water partition coefficient (Wildman–Crippen LogP) is 2.76. The monoisotopic (exact) mass is 537 g/mol. The van der Waals surface area contributed by atoms with Gasteiger partial charge in [0, 0.05) is 69.8 Å². The van der Waals surface area contributed by atoms with Crippen molar-refractivity contribution in [2.75, 3.05) is 63.6 Å². The number of piperazine rings is 1. The molecule has 1 fully saturated rings. The Bertz CT molecular complexity index is 1240. The molecule has 0 unspecified atom stereocenters. The van der Waals surface area contributed by atoms with E-state index in [0.29, 0.717) is 32.0 Å². The number of amides is 3. The van der Waals surface area contributed by atoms with E-state index in [9.17, 15) is 19.1 Å². The number of nitrogens with two attached hydrogens (primary N) is 1. The maximum absolute atomic E-state index is 15.9. The molecule has 3 rings (SSSR count). The molecule has 0 spiro atoms. The SMILES string of the molecule is C/C=C\C(F)=C(/CO)c1c(Cl)cc2c(N3CCN(C(N)=O)CC3)nc(NCCC(=O)N(C)C)nc2c1F. The number of primary amides is 1. The van der Waals surface area contributed by atoms with Gasteiger partial charge in [-0.2, -0.15) is 4.98 Å². The summed E-state index contributed by atoms with van der Waals surface area (Å²) in [5.74, 6) is -1.46. The van der Waals surface area contributed by atoms with Crippen molar-refractivity contribution in [1.29, 1.82) is 0 Å². The van der Waals surface area contributed by atoms with Gasteiger partial charge in [-0.25, -0.2) is 18.6 Å². The molecule has 10 nitrogen and oxygen atoms in total. The van der Waals surface area contributed by atoms with Crippen molar-refractivity contribution >= 4 is 51.8 Å². The molecule has 4 N–H and O–H groups in total. The average molecular weight is 538 g/mol. The predicted molar refractivity (Wildman–Crippen MR) is 140 cm³/mol. The van der Waals surface area contributed by atoms with E-state index in [1.807, 2.05) is 4.90 Å². The maximum Gasteiger partial charge on any atom is 0.314 e. The van der Waals surface area contributed by atoms with Crippen molar-refractivity contribution in [3.63, 3.8) is 0 Å². The molecule has 1 aromatic heterocycles. The van der Waals surface area contributed by atoms with Crippen molar-refractivity contribution in [3.05, 3.63) is 40.4 Å². The highest BCUT2D eigenvalue weighted by Gasteiger charge is 2.26. The quantitative estimate of drug-likeness (QED) is 0.442. The number of aromatic nitrogens is 2. The lowest BCUT2D eigenvalue weighted by Gasteiger charge is -2.35. The van der Waals surface area contributed by atoms with Gasteiger partial charge >= 0.3 is 6.03 Å². The standard InChI is InChI=1S/C24H30ClF2N7O3/c1-4-5-17(26)15(13-35)19-16(25)12-14-21(20(19)27)30-24(29-7-6-18(36)32(2)3)31-22(14)33-8-10-34(11-9-33)23(28)37/h4-5,12,35H,6-11,13H2,1-3H3,(H2,28,37)(H,29,30,31)/b5-4-,17-15-. The second-order valence-corrected chi connectivity index (χ2v) is 8.98.